The predicted molar refractivity (Wildman–Crippen MR) is 162 cm³/mol. The summed E-state index contributed by atoms with van der Waals surface area (Å²) in [6, 6.07) is 11.5. The Morgan fingerprint density at radius 2 is 1.60 bits per heavy atom. The van der Waals surface area contributed by atoms with E-state index in [0.29, 0.717) is 24.2 Å². The molecule has 0 aliphatic rings. The maximum absolute atomic E-state index is 13.9. The molecule has 11 heteroatoms. The van der Waals surface area contributed by atoms with Gasteiger partial charge in [0, 0.05) is 23.6 Å². The standard InChI is InChI=1S/C31H41N5O6/c1-8-10-18-34-29(40)35(30(41)36(34)22-14-12-11-13-15-22)25(26(37)31(4,5)6)28(39)33-23-19-21(16-17-24(23)42-7)32-27(38)20(3)9-2/h11-17,19-20,25H,8-10,18H2,1-7H3,(H,32,38)(H,33,39). The lowest BCUT2D eigenvalue weighted by atomic mass is 9.86. The molecule has 3 aromatic rings. The first-order valence-electron chi connectivity index (χ1n) is 14.2. The fourth-order valence-electron chi connectivity index (χ4n) is 4.34. The lowest BCUT2D eigenvalue weighted by molar-refractivity contribution is -0.135. The summed E-state index contributed by atoms with van der Waals surface area (Å²) in [6.45, 7) is 10.7. The molecule has 0 aliphatic carbocycles. The van der Waals surface area contributed by atoms with E-state index in [1.165, 1.54) is 22.5 Å². The van der Waals surface area contributed by atoms with E-state index in [0.717, 1.165) is 11.0 Å². The Kier molecular flexibility index (Phi) is 10.3. The number of unbranched alkanes of at least 4 members (excludes halogenated alkanes) is 1. The number of nitrogens with zero attached hydrogens (tertiary/aromatic N) is 3. The van der Waals surface area contributed by atoms with Gasteiger partial charge in [0.2, 0.25) is 5.91 Å². The minimum absolute atomic E-state index is 0.165. The summed E-state index contributed by atoms with van der Waals surface area (Å²) >= 11 is 0. The second-order valence-electron chi connectivity index (χ2n) is 11.3. The number of anilines is 2. The summed E-state index contributed by atoms with van der Waals surface area (Å²) in [6.07, 6.45) is 2.01. The minimum Gasteiger partial charge on any atom is -0.495 e. The van der Waals surface area contributed by atoms with Gasteiger partial charge in [-0.15, -0.1) is 0 Å². The summed E-state index contributed by atoms with van der Waals surface area (Å²) in [5.41, 5.74) is -1.64. The number of methoxy groups -OCH3 is 1. The molecule has 2 unspecified atom stereocenters. The first kappa shape index (κ1) is 32.1. The van der Waals surface area contributed by atoms with Crippen molar-refractivity contribution in [1.29, 1.82) is 0 Å². The molecular formula is C31H41N5O6. The number of amides is 2. The number of ether oxygens (including phenoxy) is 1. The number of carbonyl (C=O) groups is 3. The van der Waals surface area contributed by atoms with E-state index in [9.17, 15) is 24.0 Å². The largest absolute Gasteiger partial charge is 0.495 e. The number of hydrogen-bond donors (Lipinski definition) is 2. The fourth-order valence-corrected chi connectivity index (χ4v) is 4.34. The van der Waals surface area contributed by atoms with E-state index in [1.807, 2.05) is 13.8 Å². The van der Waals surface area contributed by atoms with Crippen LogP contribution in [0.25, 0.3) is 5.69 Å². The zero-order valence-electron chi connectivity index (χ0n) is 25.4. The number of hydrogen-bond acceptors (Lipinski definition) is 6. The summed E-state index contributed by atoms with van der Waals surface area (Å²) in [5.74, 6) is -1.66. The molecule has 2 amide bonds. The molecule has 0 spiro atoms. The van der Waals surface area contributed by atoms with Crippen LogP contribution in [0.4, 0.5) is 11.4 Å². The number of benzene rings is 2. The second-order valence-corrected chi connectivity index (χ2v) is 11.3. The maximum atomic E-state index is 13.9. The van der Waals surface area contributed by atoms with Crippen LogP contribution in [0.3, 0.4) is 0 Å². The van der Waals surface area contributed by atoms with Crippen LogP contribution in [0.1, 0.15) is 66.8 Å². The molecule has 3 rings (SSSR count). The van der Waals surface area contributed by atoms with Crippen LogP contribution in [0, 0.1) is 11.3 Å². The highest BCUT2D eigenvalue weighted by molar-refractivity contribution is 6.11. The van der Waals surface area contributed by atoms with E-state index >= 15 is 0 Å². The van der Waals surface area contributed by atoms with Gasteiger partial charge in [0.25, 0.3) is 5.91 Å². The van der Waals surface area contributed by atoms with Crippen LogP contribution in [0.15, 0.2) is 58.1 Å². The number of nitrogens with one attached hydrogen (secondary N) is 2. The highest BCUT2D eigenvalue weighted by Crippen LogP contribution is 2.30. The highest BCUT2D eigenvalue weighted by Gasteiger charge is 2.40. The van der Waals surface area contributed by atoms with Crippen LogP contribution >= 0.6 is 0 Å². The zero-order chi connectivity index (χ0) is 31.2. The first-order chi connectivity index (χ1) is 19.8. The van der Waals surface area contributed by atoms with Gasteiger partial charge in [0.15, 0.2) is 11.8 Å². The summed E-state index contributed by atoms with van der Waals surface area (Å²) < 4.78 is 8.61. The summed E-state index contributed by atoms with van der Waals surface area (Å²) in [7, 11) is 1.41. The minimum atomic E-state index is -1.77. The topological polar surface area (TPSA) is 133 Å². The number of para-hydroxylation sites is 1. The Morgan fingerprint density at radius 1 is 0.929 bits per heavy atom. The van der Waals surface area contributed by atoms with Crippen molar-refractivity contribution in [2.75, 3.05) is 17.7 Å². The van der Waals surface area contributed by atoms with E-state index in [1.54, 1.807) is 70.2 Å². The Hall–Kier alpha value is -4.41. The van der Waals surface area contributed by atoms with Crippen molar-refractivity contribution in [2.24, 2.45) is 11.3 Å². The highest BCUT2D eigenvalue weighted by atomic mass is 16.5. The molecule has 0 bridgehead atoms. The average Bonchev–Trinajstić information content (AvgIpc) is 3.20. The molecule has 0 aliphatic heterocycles. The molecule has 2 N–H and O–H groups in total. The Labute approximate surface area is 245 Å². The van der Waals surface area contributed by atoms with Gasteiger partial charge < -0.3 is 15.4 Å². The third kappa shape index (κ3) is 6.89. The molecule has 11 nitrogen and oxygen atoms in total. The van der Waals surface area contributed by atoms with Gasteiger partial charge in [-0.3, -0.25) is 14.4 Å². The van der Waals surface area contributed by atoms with Crippen molar-refractivity contribution in [3.63, 3.8) is 0 Å². The van der Waals surface area contributed by atoms with Crippen LogP contribution in [-0.2, 0) is 20.9 Å². The average molecular weight is 580 g/mol. The third-order valence-corrected chi connectivity index (χ3v) is 7.06. The van der Waals surface area contributed by atoms with Gasteiger partial charge in [-0.05, 0) is 43.2 Å². The second kappa shape index (κ2) is 13.5. The molecule has 0 fully saturated rings. The quantitative estimate of drug-likeness (QED) is 0.306. The van der Waals surface area contributed by atoms with Crippen LogP contribution in [-0.4, -0.2) is 38.6 Å². The lowest BCUT2D eigenvalue weighted by Gasteiger charge is -2.24. The molecule has 2 atom stereocenters. The summed E-state index contributed by atoms with van der Waals surface area (Å²) in [4.78, 5) is 67.9. The normalized spacial score (nSPS) is 12.8. The van der Waals surface area contributed by atoms with Gasteiger partial charge in [-0.25, -0.2) is 18.8 Å². The number of Topliss-reactive ketones (excluding diaryl/α,β-unsaturated/α-hetero) is 1. The molecule has 2 aromatic carbocycles. The molecular weight excluding hydrogens is 538 g/mol. The van der Waals surface area contributed by atoms with Crippen molar-refractivity contribution in [3.8, 4) is 11.4 Å². The first-order valence-corrected chi connectivity index (χ1v) is 14.2. The number of rotatable bonds is 12. The van der Waals surface area contributed by atoms with E-state index in [4.69, 9.17) is 4.74 Å². The molecule has 0 saturated carbocycles. The van der Waals surface area contributed by atoms with Crippen LogP contribution in [0.5, 0.6) is 5.75 Å². The Balaban J connectivity index is 2.16. The van der Waals surface area contributed by atoms with Crippen molar-refractivity contribution in [3.05, 3.63) is 69.5 Å². The molecule has 42 heavy (non-hydrogen) atoms. The molecule has 226 valence electrons. The number of carbonyl (C=O) groups excluding carboxylic acids is 3. The molecule has 1 aromatic heterocycles. The fraction of sp³-hybridized carbons (Fsp3) is 0.452. The lowest BCUT2D eigenvalue weighted by Crippen LogP contribution is -2.46. The van der Waals surface area contributed by atoms with E-state index in [2.05, 4.69) is 10.6 Å². The van der Waals surface area contributed by atoms with E-state index < -0.39 is 34.5 Å². The van der Waals surface area contributed by atoms with Gasteiger partial charge in [-0.2, -0.15) is 4.68 Å². The Bertz CT molecular complexity index is 1540. The maximum Gasteiger partial charge on any atom is 0.353 e. The number of aromatic nitrogens is 3. The molecule has 0 saturated heterocycles. The molecule has 0 radical (unpaired) electrons. The SMILES string of the molecule is CCCCn1c(=O)n(C(C(=O)Nc2cc(NC(=O)C(C)CC)ccc2OC)C(=O)C(C)(C)C)c(=O)n1-c1ccccc1. The van der Waals surface area contributed by atoms with Gasteiger partial charge in [-0.1, -0.05) is 66.2 Å². The van der Waals surface area contributed by atoms with Crippen molar-refractivity contribution in [1.82, 2.24) is 13.9 Å². The van der Waals surface area contributed by atoms with E-state index in [-0.39, 0.29) is 29.8 Å². The smallest absolute Gasteiger partial charge is 0.353 e. The van der Waals surface area contributed by atoms with Crippen LogP contribution in [0.2, 0.25) is 0 Å². The van der Waals surface area contributed by atoms with Crippen molar-refractivity contribution < 1.29 is 19.1 Å². The number of ketones is 1. The van der Waals surface area contributed by atoms with Crippen molar-refractivity contribution in [2.45, 2.75) is 73.4 Å². The van der Waals surface area contributed by atoms with Crippen LogP contribution < -0.4 is 26.7 Å². The van der Waals surface area contributed by atoms with Gasteiger partial charge in [0.1, 0.15) is 5.75 Å². The van der Waals surface area contributed by atoms with Gasteiger partial charge in [0.05, 0.1) is 18.5 Å². The van der Waals surface area contributed by atoms with Crippen molar-refractivity contribution >= 4 is 29.0 Å². The third-order valence-electron chi connectivity index (χ3n) is 7.06. The van der Waals surface area contributed by atoms with Gasteiger partial charge >= 0.3 is 11.4 Å². The summed E-state index contributed by atoms with van der Waals surface area (Å²) in [5, 5.41) is 5.49. The monoisotopic (exact) mass is 579 g/mol. The zero-order valence-corrected chi connectivity index (χ0v) is 25.4. The molecule has 1 heterocycles. The Morgan fingerprint density at radius 3 is 2.17 bits per heavy atom. The predicted octanol–water partition coefficient (Wildman–Crippen LogP) is 4.39.